The predicted octanol–water partition coefficient (Wildman–Crippen LogP) is 5.20. The number of benzene rings is 1. The number of esters is 2. The van der Waals surface area contributed by atoms with Crippen molar-refractivity contribution in [2.75, 3.05) is 19.8 Å². The molecule has 0 amide bonds. The van der Waals surface area contributed by atoms with Gasteiger partial charge >= 0.3 is 24.2 Å². The average molecular weight is 568 g/mol. The zero-order chi connectivity index (χ0) is 30.9. The van der Waals surface area contributed by atoms with Gasteiger partial charge in [-0.25, -0.2) is 9.59 Å². The van der Waals surface area contributed by atoms with Gasteiger partial charge in [0.05, 0.1) is 18.6 Å². The van der Waals surface area contributed by atoms with Crippen LogP contribution < -0.4 is 15.2 Å². The van der Waals surface area contributed by atoms with E-state index in [2.05, 4.69) is 0 Å². The van der Waals surface area contributed by atoms with Gasteiger partial charge in [-0.15, -0.1) is 0 Å². The fourth-order valence-electron chi connectivity index (χ4n) is 2.67. The van der Waals surface area contributed by atoms with E-state index < -0.39 is 41.8 Å². The molecule has 0 unspecified atom stereocenters. The van der Waals surface area contributed by atoms with Crippen molar-refractivity contribution in [3.8, 4) is 11.5 Å². The molecule has 2 N–H and O–H groups in total. The minimum absolute atomic E-state index is 0.0111. The van der Waals surface area contributed by atoms with Crippen LogP contribution in [0, 0.1) is 16.2 Å². The van der Waals surface area contributed by atoms with E-state index in [1.807, 2.05) is 41.5 Å². The molecule has 1 aromatic rings. The lowest BCUT2D eigenvalue weighted by Crippen LogP contribution is -2.37. The van der Waals surface area contributed by atoms with Crippen molar-refractivity contribution in [1.29, 1.82) is 0 Å². The molecule has 11 heteroatoms. The highest BCUT2D eigenvalue weighted by Crippen LogP contribution is 2.30. The highest BCUT2D eigenvalue weighted by molar-refractivity contribution is 5.77. The predicted molar refractivity (Wildman–Crippen MR) is 147 cm³/mol. The summed E-state index contributed by atoms with van der Waals surface area (Å²) in [5.41, 5.74) is 5.25. The van der Waals surface area contributed by atoms with Crippen LogP contribution in [0.15, 0.2) is 18.2 Å². The summed E-state index contributed by atoms with van der Waals surface area (Å²) >= 11 is 0. The van der Waals surface area contributed by atoms with Gasteiger partial charge in [0.15, 0.2) is 11.5 Å². The van der Waals surface area contributed by atoms with Gasteiger partial charge in [-0.2, -0.15) is 0 Å². The Morgan fingerprint density at radius 1 is 0.775 bits per heavy atom. The van der Waals surface area contributed by atoms with Crippen molar-refractivity contribution in [2.24, 2.45) is 22.0 Å². The Bertz CT molecular complexity index is 1030. The third kappa shape index (κ3) is 14.2. The second-order valence-corrected chi connectivity index (χ2v) is 13.1. The highest BCUT2D eigenvalue weighted by Gasteiger charge is 2.26. The van der Waals surface area contributed by atoms with Crippen LogP contribution in [0.4, 0.5) is 9.59 Å². The van der Waals surface area contributed by atoms with Gasteiger partial charge in [0.2, 0.25) is 0 Å². The van der Waals surface area contributed by atoms with Crippen molar-refractivity contribution in [1.82, 2.24) is 0 Å². The Morgan fingerprint density at radius 2 is 1.27 bits per heavy atom. The first-order valence-corrected chi connectivity index (χ1v) is 13.1. The van der Waals surface area contributed by atoms with E-state index in [0.29, 0.717) is 5.56 Å². The third-order valence-electron chi connectivity index (χ3n) is 4.78. The summed E-state index contributed by atoms with van der Waals surface area (Å²) in [4.78, 5) is 49.0. The summed E-state index contributed by atoms with van der Waals surface area (Å²) in [6.45, 7) is 18.1. The van der Waals surface area contributed by atoms with Gasteiger partial charge in [-0.05, 0) is 62.6 Å². The Balaban J connectivity index is 2.94. The third-order valence-corrected chi connectivity index (χ3v) is 4.78. The largest absolute Gasteiger partial charge is 0.513 e. The zero-order valence-corrected chi connectivity index (χ0v) is 25.4. The second kappa shape index (κ2) is 14.3. The van der Waals surface area contributed by atoms with Gasteiger partial charge in [0.1, 0.15) is 18.8 Å². The normalized spacial score (nSPS) is 13.5. The molecule has 1 aromatic carbocycles. The van der Waals surface area contributed by atoms with E-state index >= 15 is 0 Å². The molecule has 226 valence electrons. The molecule has 0 aliphatic rings. The van der Waals surface area contributed by atoms with E-state index in [-0.39, 0.29) is 48.6 Å². The molecule has 0 saturated carbocycles. The minimum atomic E-state index is -1.07. The van der Waals surface area contributed by atoms with Crippen LogP contribution in [0.2, 0.25) is 0 Å². The molecule has 0 spiro atoms. The van der Waals surface area contributed by atoms with Crippen LogP contribution in [0.5, 0.6) is 11.5 Å². The fraction of sp³-hybridized carbons (Fsp3) is 0.655. The molecule has 0 radical (unpaired) electrons. The van der Waals surface area contributed by atoms with Gasteiger partial charge in [0, 0.05) is 0 Å². The van der Waals surface area contributed by atoms with Gasteiger partial charge in [-0.1, -0.05) is 47.6 Å². The van der Waals surface area contributed by atoms with Crippen molar-refractivity contribution in [3.05, 3.63) is 23.8 Å². The molecule has 2 atom stereocenters. The number of ether oxygens (including phenoxy) is 6. The summed E-state index contributed by atoms with van der Waals surface area (Å²) < 4.78 is 31.3. The molecule has 40 heavy (non-hydrogen) atoms. The van der Waals surface area contributed by atoms with E-state index in [9.17, 15) is 19.2 Å². The molecule has 0 bridgehead atoms. The van der Waals surface area contributed by atoms with Crippen LogP contribution in [-0.4, -0.2) is 56.2 Å². The molecule has 0 fully saturated rings. The van der Waals surface area contributed by atoms with E-state index in [0.717, 1.165) is 0 Å². The summed E-state index contributed by atoms with van der Waals surface area (Å²) in [6, 6.07) is 3.29. The van der Waals surface area contributed by atoms with Gasteiger partial charge < -0.3 is 34.2 Å². The Morgan fingerprint density at radius 3 is 1.75 bits per heavy atom. The second-order valence-electron chi connectivity index (χ2n) is 13.1. The first-order valence-electron chi connectivity index (χ1n) is 13.1. The molecule has 11 nitrogen and oxygen atoms in total. The Hall–Kier alpha value is -3.34. The van der Waals surface area contributed by atoms with Crippen molar-refractivity contribution < 1.29 is 47.6 Å². The molecular formula is C29H45NO10. The van der Waals surface area contributed by atoms with Crippen LogP contribution >= 0.6 is 0 Å². The standard InChI is InChI=1S/C29H45NO10/c1-18(38-24(32)29(8,9)10)15-35-23(31)20(30)13-19-11-12-21(39-25(33)36-16-27(2,3)4)22(14-19)40-26(34)37-17-28(5,6)7/h11-12,14,18,20H,13,15-17,30H2,1-10H3/t18-,20-/m0/s1. The number of carbonyl (C=O) groups excluding carboxylic acids is 4. The SMILES string of the molecule is C[C@@H](COC(=O)[C@@H](N)Cc1ccc(OC(=O)OCC(C)(C)C)c(OC(=O)OCC(C)(C)C)c1)OC(=O)C(C)(C)C. The maximum atomic E-state index is 12.5. The number of hydrogen-bond acceptors (Lipinski definition) is 11. The van der Waals surface area contributed by atoms with E-state index in [1.54, 1.807) is 33.8 Å². The molecule has 0 saturated heterocycles. The minimum Gasteiger partial charge on any atom is -0.461 e. The summed E-state index contributed by atoms with van der Waals surface area (Å²) in [5.74, 6) is -1.33. The molecule has 0 aliphatic carbocycles. The number of hydrogen-bond donors (Lipinski definition) is 1. The first-order chi connectivity index (χ1) is 18.2. The zero-order valence-electron chi connectivity index (χ0n) is 25.4. The molecule has 1 rings (SSSR count). The lowest BCUT2D eigenvalue weighted by atomic mass is 9.97. The van der Waals surface area contributed by atoms with Crippen LogP contribution in [0.3, 0.4) is 0 Å². The van der Waals surface area contributed by atoms with Crippen molar-refractivity contribution in [2.45, 2.75) is 87.8 Å². The van der Waals surface area contributed by atoms with E-state index in [4.69, 9.17) is 34.2 Å². The summed E-state index contributed by atoms with van der Waals surface area (Å²) in [7, 11) is 0. The molecule has 0 aromatic heterocycles. The van der Waals surface area contributed by atoms with Crippen LogP contribution in [0.25, 0.3) is 0 Å². The van der Waals surface area contributed by atoms with Crippen LogP contribution in [-0.2, 0) is 35.0 Å². The Kier molecular flexibility index (Phi) is 12.4. The van der Waals surface area contributed by atoms with Crippen molar-refractivity contribution in [3.63, 3.8) is 0 Å². The smallest absolute Gasteiger partial charge is 0.461 e. The number of carbonyl (C=O) groups is 4. The maximum absolute atomic E-state index is 12.5. The summed E-state index contributed by atoms with van der Waals surface area (Å²) in [5, 5.41) is 0. The maximum Gasteiger partial charge on any atom is 0.513 e. The Labute approximate surface area is 236 Å². The average Bonchev–Trinajstić information content (AvgIpc) is 2.80. The van der Waals surface area contributed by atoms with Gasteiger partial charge in [-0.3, -0.25) is 9.59 Å². The monoisotopic (exact) mass is 567 g/mol. The topological polar surface area (TPSA) is 150 Å². The first kappa shape index (κ1) is 34.7. The van der Waals surface area contributed by atoms with E-state index in [1.165, 1.54) is 12.1 Å². The quantitative estimate of drug-likeness (QED) is 0.226. The fourth-order valence-corrected chi connectivity index (χ4v) is 2.67. The lowest BCUT2D eigenvalue weighted by molar-refractivity contribution is -0.165. The number of nitrogens with two attached hydrogens (primary N) is 1. The van der Waals surface area contributed by atoms with Gasteiger partial charge in [0.25, 0.3) is 0 Å². The molecule has 0 heterocycles. The van der Waals surface area contributed by atoms with Crippen LogP contribution in [0.1, 0.15) is 74.8 Å². The highest BCUT2D eigenvalue weighted by atomic mass is 16.7. The molecule has 0 aliphatic heterocycles. The number of rotatable bonds is 10. The summed E-state index contributed by atoms with van der Waals surface area (Å²) in [6.07, 6.45) is -2.62. The lowest BCUT2D eigenvalue weighted by Gasteiger charge is -2.21. The molecular weight excluding hydrogens is 522 g/mol. The van der Waals surface area contributed by atoms with Crippen molar-refractivity contribution >= 4 is 24.2 Å².